The number of ether oxygens (including phenoxy) is 1. The zero-order valence-corrected chi connectivity index (χ0v) is 11.9. The summed E-state index contributed by atoms with van der Waals surface area (Å²) in [6.45, 7) is 0. The first-order chi connectivity index (χ1) is 10.1. The minimum absolute atomic E-state index is 0.108. The van der Waals surface area contributed by atoms with Crippen LogP contribution < -0.4 is 10.5 Å². The van der Waals surface area contributed by atoms with Crippen LogP contribution in [0.3, 0.4) is 0 Å². The molecule has 0 aromatic heterocycles. The Hall–Kier alpha value is -2.20. The van der Waals surface area contributed by atoms with E-state index in [-0.39, 0.29) is 18.0 Å². The zero-order valence-electron chi connectivity index (χ0n) is 11.9. The third kappa shape index (κ3) is 4.13. The van der Waals surface area contributed by atoms with Crippen LogP contribution in [0, 0.1) is 5.82 Å². The lowest BCUT2D eigenvalue weighted by Gasteiger charge is -2.11. The molecule has 3 nitrogen and oxygen atoms in total. The fourth-order valence-electron chi connectivity index (χ4n) is 2.13. The van der Waals surface area contributed by atoms with Crippen LogP contribution in [0.5, 0.6) is 5.75 Å². The number of rotatable bonds is 6. The van der Waals surface area contributed by atoms with Crippen molar-refractivity contribution in [2.45, 2.75) is 18.9 Å². The maximum absolute atomic E-state index is 13.6. The van der Waals surface area contributed by atoms with E-state index in [1.807, 2.05) is 30.3 Å². The minimum atomic E-state index is -0.586. The van der Waals surface area contributed by atoms with Gasteiger partial charge in [0.2, 0.25) is 0 Å². The number of carbonyl (C=O) groups excluding carboxylic acids is 1. The summed E-state index contributed by atoms with van der Waals surface area (Å²) < 4.78 is 18.4. The molecule has 2 aromatic carbocycles. The molecular weight excluding hydrogens is 269 g/mol. The highest BCUT2D eigenvalue weighted by molar-refractivity contribution is 5.86. The van der Waals surface area contributed by atoms with E-state index in [2.05, 4.69) is 0 Å². The molecule has 0 fully saturated rings. The van der Waals surface area contributed by atoms with Gasteiger partial charge in [-0.1, -0.05) is 36.4 Å². The maximum atomic E-state index is 13.6. The van der Waals surface area contributed by atoms with Crippen molar-refractivity contribution in [1.29, 1.82) is 0 Å². The van der Waals surface area contributed by atoms with E-state index in [1.165, 1.54) is 19.2 Å². The minimum Gasteiger partial charge on any atom is -0.494 e. The van der Waals surface area contributed by atoms with Crippen LogP contribution in [0.4, 0.5) is 4.39 Å². The third-order valence-corrected chi connectivity index (χ3v) is 3.31. The second-order valence-electron chi connectivity index (χ2n) is 4.91. The summed E-state index contributed by atoms with van der Waals surface area (Å²) >= 11 is 0. The van der Waals surface area contributed by atoms with Crippen molar-refractivity contribution in [3.8, 4) is 5.75 Å². The SMILES string of the molecule is COc1ccc(CC(=O)C(N)Cc2ccccc2)cc1F. The van der Waals surface area contributed by atoms with Crippen LogP contribution in [-0.2, 0) is 17.6 Å². The molecule has 0 saturated carbocycles. The predicted octanol–water partition coefficient (Wildman–Crippen LogP) is 2.52. The van der Waals surface area contributed by atoms with Crippen molar-refractivity contribution in [3.05, 3.63) is 65.5 Å². The van der Waals surface area contributed by atoms with Crippen LogP contribution >= 0.6 is 0 Å². The van der Waals surface area contributed by atoms with Gasteiger partial charge in [-0.25, -0.2) is 4.39 Å². The van der Waals surface area contributed by atoms with E-state index in [0.29, 0.717) is 12.0 Å². The molecule has 2 aromatic rings. The lowest BCUT2D eigenvalue weighted by atomic mass is 9.98. The van der Waals surface area contributed by atoms with Crippen LogP contribution in [0.2, 0.25) is 0 Å². The number of Topliss-reactive ketones (excluding diaryl/α,β-unsaturated/α-hetero) is 1. The summed E-state index contributed by atoms with van der Waals surface area (Å²) in [6.07, 6.45) is 0.604. The highest BCUT2D eigenvalue weighted by Gasteiger charge is 2.15. The van der Waals surface area contributed by atoms with Gasteiger partial charge < -0.3 is 10.5 Å². The molecule has 0 bridgehead atoms. The normalized spacial score (nSPS) is 12.0. The number of halogens is 1. The predicted molar refractivity (Wildman–Crippen MR) is 79.8 cm³/mol. The van der Waals surface area contributed by atoms with Crippen LogP contribution in [-0.4, -0.2) is 18.9 Å². The number of benzene rings is 2. The molecule has 4 heteroatoms. The summed E-state index contributed by atoms with van der Waals surface area (Å²) in [4.78, 5) is 12.1. The molecule has 0 amide bonds. The molecule has 110 valence electrons. The first-order valence-corrected chi connectivity index (χ1v) is 6.75. The number of hydrogen-bond donors (Lipinski definition) is 1. The summed E-state index contributed by atoms with van der Waals surface area (Å²) in [6, 6.07) is 13.5. The molecule has 21 heavy (non-hydrogen) atoms. The lowest BCUT2D eigenvalue weighted by molar-refractivity contribution is -0.119. The van der Waals surface area contributed by atoms with Gasteiger partial charge in [-0.15, -0.1) is 0 Å². The van der Waals surface area contributed by atoms with Crippen molar-refractivity contribution < 1.29 is 13.9 Å². The molecule has 1 atom stereocenters. The standard InChI is InChI=1S/C17H18FNO2/c1-21-17-8-7-13(9-14(17)18)11-16(20)15(19)10-12-5-3-2-4-6-12/h2-9,15H,10-11,19H2,1H3. The van der Waals surface area contributed by atoms with Crippen molar-refractivity contribution >= 4 is 5.78 Å². The molecule has 0 aliphatic rings. The van der Waals surface area contributed by atoms with Crippen molar-refractivity contribution in [2.75, 3.05) is 7.11 Å². The van der Waals surface area contributed by atoms with E-state index in [1.54, 1.807) is 6.07 Å². The van der Waals surface area contributed by atoms with Crippen molar-refractivity contribution in [2.24, 2.45) is 5.73 Å². The smallest absolute Gasteiger partial charge is 0.165 e. The summed E-state index contributed by atoms with van der Waals surface area (Å²) in [5, 5.41) is 0. The van der Waals surface area contributed by atoms with Gasteiger partial charge in [0, 0.05) is 6.42 Å². The number of carbonyl (C=O) groups is 1. The zero-order chi connectivity index (χ0) is 15.2. The Balaban J connectivity index is 1.99. The Morgan fingerprint density at radius 1 is 1.19 bits per heavy atom. The summed E-state index contributed by atoms with van der Waals surface area (Å²) in [5.41, 5.74) is 7.54. The van der Waals surface area contributed by atoms with Gasteiger partial charge in [0.05, 0.1) is 13.2 Å². The Bertz CT molecular complexity index is 613. The highest BCUT2D eigenvalue weighted by Crippen LogP contribution is 2.18. The molecule has 2 rings (SSSR count). The van der Waals surface area contributed by atoms with Gasteiger partial charge in [0.15, 0.2) is 17.3 Å². The van der Waals surface area contributed by atoms with E-state index < -0.39 is 11.9 Å². The third-order valence-electron chi connectivity index (χ3n) is 3.31. The summed E-state index contributed by atoms with van der Waals surface area (Å²) in [5.74, 6) is -0.414. The molecule has 0 radical (unpaired) electrons. The maximum Gasteiger partial charge on any atom is 0.165 e. The fraction of sp³-hybridized carbons (Fsp3) is 0.235. The summed E-state index contributed by atoms with van der Waals surface area (Å²) in [7, 11) is 1.40. The monoisotopic (exact) mass is 287 g/mol. The van der Waals surface area contributed by atoms with E-state index in [9.17, 15) is 9.18 Å². The topological polar surface area (TPSA) is 52.3 Å². The van der Waals surface area contributed by atoms with Gasteiger partial charge in [0.1, 0.15) is 0 Å². The quantitative estimate of drug-likeness (QED) is 0.888. The van der Waals surface area contributed by atoms with E-state index >= 15 is 0 Å². The van der Waals surface area contributed by atoms with E-state index in [0.717, 1.165) is 5.56 Å². The number of ketones is 1. The van der Waals surface area contributed by atoms with Gasteiger partial charge in [-0.3, -0.25) is 4.79 Å². The van der Waals surface area contributed by atoms with Crippen LogP contribution in [0.25, 0.3) is 0 Å². The molecule has 1 unspecified atom stereocenters. The Labute approximate surface area is 123 Å². The Morgan fingerprint density at radius 2 is 1.90 bits per heavy atom. The van der Waals surface area contributed by atoms with E-state index in [4.69, 9.17) is 10.5 Å². The molecular formula is C17H18FNO2. The largest absolute Gasteiger partial charge is 0.494 e. The number of nitrogens with two attached hydrogens (primary N) is 1. The average Bonchev–Trinajstić information content (AvgIpc) is 2.48. The second kappa shape index (κ2) is 6.99. The first kappa shape index (κ1) is 15.2. The lowest BCUT2D eigenvalue weighted by Crippen LogP contribution is -2.33. The fourth-order valence-corrected chi connectivity index (χ4v) is 2.13. The average molecular weight is 287 g/mol. The van der Waals surface area contributed by atoms with Gasteiger partial charge in [-0.05, 0) is 29.7 Å². The van der Waals surface area contributed by atoms with Gasteiger partial charge >= 0.3 is 0 Å². The number of methoxy groups -OCH3 is 1. The Morgan fingerprint density at radius 3 is 2.52 bits per heavy atom. The van der Waals surface area contributed by atoms with Crippen molar-refractivity contribution in [1.82, 2.24) is 0 Å². The van der Waals surface area contributed by atoms with Crippen molar-refractivity contribution in [3.63, 3.8) is 0 Å². The molecule has 0 aliphatic heterocycles. The number of hydrogen-bond acceptors (Lipinski definition) is 3. The molecule has 0 saturated heterocycles. The second-order valence-corrected chi connectivity index (χ2v) is 4.91. The molecule has 0 aliphatic carbocycles. The molecule has 0 spiro atoms. The Kier molecular flexibility index (Phi) is 5.06. The van der Waals surface area contributed by atoms with Gasteiger partial charge in [0.25, 0.3) is 0 Å². The molecule has 0 heterocycles. The van der Waals surface area contributed by atoms with Crippen LogP contribution in [0.1, 0.15) is 11.1 Å². The highest BCUT2D eigenvalue weighted by atomic mass is 19.1. The van der Waals surface area contributed by atoms with Gasteiger partial charge in [-0.2, -0.15) is 0 Å². The van der Waals surface area contributed by atoms with Crippen LogP contribution in [0.15, 0.2) is 48.5 Å². The first-order valence-electron chi connectivity index (χ1n) is 6.75. The molecule has 2 N–H and O–H groups in total.